The van der Waals surface area contributed by atoms with E-state index in [1.807, 2.05) is 11.9 Å². The lowest BCUT2D eigenvalue weighted by Gasteiger charge is -2.35. The van der Waals surface area contributed by atoms with E-state index in [1.165, 1.54) is 6.42 Å². The maximum Gasteiger partial charge on any atom is 0.236 e. The van der Waals surface area contributed by atoms with Crippen LogP contribution in [-0.4, -0.2) is 47.7 Å². The van der Waals surface area contributed by atoms with Crippen LogP contribution in [0.1, 0.15) is 45.4 Å². The Morgan fingerprint density at radius 2 is 2.17 bits per heavy atom. The summed E-state index contributed by atoms with van der Waals surface area (Å²) >= 11 is 0. The molecule has 0 spiro atoms. The third-order valence-corrected chi connectivity index (χ3v) is 4.29. The van der Waals surface area contributed by atoms with Gasteiger partial charge in [-0.05, 0) is 31.6 Å². The molecule has 0 aliphatic heterocycles. The van der Waals surface area contributed by atoms with Crippen LogP contribution in [-0.2, 0) is 4.79 Å². The summed E-state index contributed by atoms with van der Waals surface area (Å²) in [7, 11) is 1.87. The van der Waals surface area contributed by atoms with Gasteiger partial charge in [0.05, 0.1) is 12.1 Å². The predicted molar refractivity (Wildman–Crippen MR) is 71.2 cm³/mol. The molecule has 1 amide bonds. The van der Waals surface area contributed by atoms with Crippen LogP contribution in [0.4, 0.5) is 0 Å². The van der Waals surface area contributed by atoms with Crippen LogP contribution in [0.5, 0.6) is 0 Å². The van der Waals surface area contributed by atoms with Gasteiger partial charge in [-0.15, -0.1) is 0 Å². The van der Waals surface area contributed by atoms with Crippen molar-refractivity contribution in [1.29, 1.82) is 0 Å². The fourth-order valence-electron chi connectivity index (χ4n) is 2.99. The lowest BCUT2D eigenvalue weighted by atomic mass is 9.79. The van der Waals surface area contributed by atoms with E-state index >= 15 is 0 Å². The number of likely N-dealkylation sites (N-methyl/N-ethyl adjacent to an activating group) is 1. The molecule has 2 saturated carbocycles. The van der Waals surface area contributed by atoms with Gasteiger partial charge >= 0.3 is 0 Å². The average Bonchev–Trinajstić information content (AvgIpc) is 3.11. The number of rotatable bonds is 5. The molecule has 2 atom stereocenters. The third kappa shape index (κ3) is 3.69. The molecule has 0 aromatic heterocycles. The molecular weight excluding hydrogens is 228 g/mol. The first-order chi connectivity index (χ1) is 8.50. The Labute approximate surface area is 110 Å². The highest BCUT2D eigenvalue weighted by molar-refractivity contribution is 5.78. The zero-order chi connectivity index (χ0) is 13.2. The highest BCUT2D eigenvalue weighted by Crippen LogP contribution is 2.31. The molecule has 2 aliphatic carbocycles. The van der Waals surface area contributed by atoms with Crippen molar-refractivity contribution in [2.75, 3.05) is 20.1 Å². The molecule has 2 unspecified atom stereocenters. The Morgan fingerprint density at radius 3 is 2.78 bits per heavy atom. The fraction of sp³-hybridized carbons (Fsp3) is 0.929. The first kappa shape index (κ1) is 13.8. The van der Waals surface area contributed by atoms with Crippen molar-refractivity contribution in [3.05, 3.63) is 0 Å². The quantitative estimate of drug-likeness (QED) is 0.773. The standard InChI is InChI=1S/C14H26N2O2/c1-11-4-3-7-14(18,8-11)10-15-9-13(17)16(2)12-5-6-12/h11-12,15,18H,3-10H2,1-2H3. The molecule has 0 heterocycles. The predicted octanol–water partition coefficient (Wildman–Crippen LogP) is 1.14. The monoisotopic (exact) mass is 254 g/mol. The van der Waals surface area contributed by atoms with Crippen molar-refractivity contribution in [1.82, 2.24) is 10.2 Å². The van der Waals surface area contributed by atoms with Gasteiger partial charge in [-0.1, -0.05) is 19.8 Å². The number of carbonyl (C=O) groups excluding carboxylic acids is 1. The minimum Gasteiger partial charge on any atom is -0.389 e. The number of hydrogen-bond acceptors (Lipinski definition) is 3. The molecule has 0 radical (unpaired) electrons. The first-order valence-electron chi connectivity index (χ1n) is 7.19. The van der Waals surface area contributed by atoms with Crippen molar-refractivity contribution < 1.29 is 9.90 Å². The van der Waals surface area contributed by atoms with E-state index < -0.39 is 5.60 Å². The molecule has 0 aromatic carbocycles. The van der Waals surface area contributed by atoms with Crippen molar-refractivity contribution in [3.63, 3.8) is 0 Å². The first-order valence-corrected chi connectivity index (χ1v) is 7.19. The number of nitrogens with one attached hydrogen (secondary N) is 1. The summed E-state index contributed by atoms with van der Waals surface area (Å²) in [6.07, 6.45) is 6.30. The Morgan fingerprint density at radius 1 is 1.44 bits per heavy atom. The minimum atomic E-state index is -0.601. The Hall–Kier alpha value is -0.610. The maximum absolute atomic E-state index is 11.8. The minimum absolute atomic E-state index is 0.143. The van der Waals surface area contributed by atoms with Gasteiger partial charge in [0.2, 0.25) is 5.91 Å². The van der Waals surface area contributed by atoms with E-state index in [1.54, 1.807) is 0 Å². The van der Waals surface area contributed by atoms with Gasteiger partial charge in [-0.25, -0.2) is 0 Å². The largest absolute Gasteiger partial charge is 0.389 e. The van der Waals surface area contributed by atoms with E-state index in [0.717, 1.165) is 32.1 Å². The van der Waals surface area contributed by atoms with Crippen molar-refractivity contribution in [2.45, 2.75) is 57.1 Å². The number of hydrogen-bond donors (Lipinski definition) is 2. The van der Waals surface area contributed by atoms with Crippen LogP contribution in [0.3, 0.4) is 0 Å². The summed E-state index contributed by atoms with van der Waals surface area (Å²) in [4.78, 5) is 13.7. The Balaban J connectivity index is 1.69. The summed E-state index contributed by atoms with van der Waals surface area (Å²) in [5.41, 5.74) is -0.601. The molecule has 4 heteroatoms. The second-order valence-electron chi connectivity index (χ2n) is 6.27. The Bertz CT molecular complexity index is 304. The summed E-state index contributed by atoms with van der Waals surface area (Å²) < 4.78 is 0. The average molecular weight is 254 g/mol. The Kier molecular flexibility index (Phi) is 4.28. The van der Waals surface area contributed by atoms with Crippen LogP contribution in [0.25, 0.3) is 0 Å². The fourth-order valence-corrected chi connectivity index (χ4v) is 2.99. The van der Waals surface area contributed by atoms with E-state index in [2.05, 4.69) is 12.2 Å². The molecule has 0 bridgehead atoms. The number of amides is 1. The number of carbonyl (C=O) groups is 1. The van der Waals surface area contributed by atoms with Crippen LogP contribution in [0, 0.1) is 5.92 Å². The van der Waals surface area contributed by atoms with Crippen LogP contribution < -0.4 is 5.32 Å². The molecule has 2 fully saturated rings. The maximum atomic E-state index is 11.8. The molecule has 104 valence electrons. The second-order valence-corrected chi connectivity index (χ2v) is 6.27. The van der Waals surface area contributed by atoms with Gasteiger partial charge in [0.25, 0.3) is 0 Å². The second kappa shape index (κ2) is 5.57. The molecular formula is C14H26N2O2. The van der Waals surface area contributed by atoms with Crippen LogP contribution >= 0.6 is 0 Å². The van der Waals surface area contributed by atoms with Crippen molar-refractivity contribution in [2.24, 2.45) is 5.92 Å². The molecule has 2 aliphatic rings. The van der Waals surface area contributed by atoms with Gasteiger partial charge < -0.3 is 15.3 Å². The molecule has 0 saturated heterocycles. The summed E-state index contributed by atoms with van der Waals surface area (Å²) in [6, 6.07) is 0.470. The van der Waals surface area contributed by atoms with Gasteiger partial charge in [-0.2, -0.15) is 0 Å². The molecule has 2 rings (SSSR count). The topological polar surface area (TPSA) is 52.6 Å². The summed E-state index contributed by atoms with van der Waals surface area (Å²) in [5, 5.41) is 13.6. The van der Waals surface area contributed by atoms with Gasteiger partial charge in [0.1, 0.15) is 0 Å². The van der Waals surface area contributed by atoms with Gasteiger partial charge in [0, 0.05) is 19.6 Å². The van der Waals surface area contributed by atoms with Crippen molar-refractivity contribution >= 4 is 5.91 Å². The zero-order valence-electron chi connectivity index (χ0n) is 11.6. The van der Waals surface area contributed by atoms with Crippen molar-refractivity contribution in [3.8, 4) is 0 Å². The normalized spacial score (nSPS) is 32.3. The number of nitrogens with zero attached hydrogens (tertiary/aromatic N) is 1. The number of aliphatic hydroxyl groups is 1. The van der Waals surface area contributed by atoms with E-state index in [9.17, 15) is 9.90 Å². The lowest BCUT2D eigenvalue weighted by molar-refractivity contribution is -0.129. The van der Waals surface area contributed by atoms with E-state index in [-0.39, 0.29) is 5.91 Å². The van der Waals surface area contributed by atoms with Crippen LogP contribution in [0.2, 0.25) is 0 Å². The smallest absolute Gasteiger partial charge is 0.236 e. The zero-order valence-corrected chi connectivity index (χ0v) is 11.6. The molecule has 4 nitrogen and oxygen atoms in total. The summed E-state index contributed by atoms with van der Waals surface area (Å²) in [6.45, 7) is 3.08. The molecule has 18 heavy (non-hydrogen) atoms. The molecule has 0 aromatic rings. The van der Waals surface area contributed by atoms with Crippen LogP contribution in [0.15, 0.2) is 0 Å². The highest BCUT2D eigenvalue weighted by Gasteiger charge is 2.33. The van der Waals surface area contributed by atoms with E-state index in [0.29, 0.717) is 25.0 Å². The van der Waals surface area contributed by atoms with Gasteiger partial charge in [-0.3, -0.25) is 4.79 Å². The molecule has 2 N–H and O–H groups in total. The van der Waals surface area contributed by atoms with Gasteiger partial charge in [0.15, 0.2) is 0 Å². The summed E-state index contributed by atoms with van der Waals surface area (Å²) in [5.74, 6) is 0.736. The third-order valence-electron chi connectivity index (χ3n) is 4.29. The lowest BCUT2D eigenvalue weighted by Crippen LogP contribution is -2.47. The SMILES string of the molecule is CC1CCCC(O)(CNCC(=O)N(C)C2CC2)C1. The highest BCUT2D eigenvalue weighted by atomic mass is 16.3. The van der Waals surface area contributed by atoms with E-state index in [4.69, 9.17) is 0 Å².